The lowest BCUT2D eigenvalue weighted by atomic mass is 9.87. The van der Waals surface area contributed by atoms with Crippen LogP contribution in [0.25, 0.3) is 11.1 Å². The van der Waals surface area contributed by atoms with Crippen LogP contribution in [0.1, 0.15) is 43.6 Å². The van der Waals surface area contributed by atoms with E-state index in [1.54, 1.807) is 18.5 Å². The molecule has 2 aliphatic rings. The van der Waals surface area contributed by atoms with Gasteiger partial charge in [-0.05, 0) is 55.2 Å². The van der Waals surface area contributed by atoms with Crippen LogP contribution in [-0.4, -0.2) is 40.1 Å². The number of nitrogens with two attached hydrogens (primary N) is 1. The van der Waals surface area contributed by atoms with E-state index >= 15 is 0 Å². The van der Waals surface area contributed by atoms with Crippen molar-refractivity contribution in [2.75, 3.05) is 13.1 Å². The highest BCUT2D eigenvalue weighted by atomic mass is 19.1. The van der Waals surface area contributed by atoms with Crippen LogP contribution in [0.5, 0.6) is 0 Å². The molecule has 0 bridgehead atoms. The van der Waals surface area contributed by atoms with Gasteiger partial charge >= 0.3 is 0 Å². The third kappa shape index (κ3) is 3.38. The van der Waals surface area contributed by atoms with Crippen LogP contribution in [-0.2, 0) is 4.79 Å². The summed E-state index contributed by atoms with van der Waals surface area (Å²) in [6.07, 6.45) is 7.73. The number of nitrogens with zero attached hydrogens (tertiary/aromatic N) is 2. The quantitative estimate of drug-likeness (QED) is 0.887. The highest BCUT2D eigenvalue weighted by Crippen LogP contribution is 2.34. The van der Waals surface area contributed by atoms with Gasteiger partial charge in [0.05, 0.1) is 6.20 Å². The van der Waals surface area contributed by atoms with Gasteiger partial charge in [-0.25, -0.2) is 4.39 Å². The first-order valence-electron chi connectivity index (χ1n) is 9.45. The number of benzene rings is 1. The Morgan fingerprint density at radius 2 is 2.00 bits per heavy atom. The number of H-pyrrole nitrogens is 1. The molecule has 2 aromatic rings. The summed E-state index contributed by atoms with van der Waals surface area (Å²) < 4.78 is 14.6. The minimum absolute atomic E-state index is 0.0903. The fraction of sp³-hybridized carbons (Fsp3) is 0.500. The minimum atomic E-state index is -0.171. The Morgan fingerprint density at radius 3 is 2.62 bits per heavy atom. The molecule has 1 saturated carbocycles. The van der Waals surface area contributed by atoms with Gasteiger partial charge in [-0.2, -0.15) is 5.10 Å². The maximum Gasteiger partial charge on any atom is 0.225 e. The molecule has 5 nitrogen and oxygen atoms in total. The summed E-state index contributed by atoms with van der Waals surface area (Å²) in [5, 5.41) is 6.66. The van der Waals surface area contributed by atoms with Gasteiger partial charge in [-0.15, -0.1) is 0 Å². The number of carbonyl (C=O) groups is 1. The third-order valence-electron chi connectivity index (χ3n) is 5.90. The van der Waals surface area contributed by atoms with Gasteiger partial charge < -0.3 is 10.6 Å². The van der Waals surface area contributed by atoms with E-state index in [-0.39, 0.29) is 29.6 Å². The molecular formula is C20H25FN4O. The van der Waals surface area contributed by atoms with Crippen LogP contribution < -0.4 is 5.73 Å². The zero-order chi connectivity index (χ0) is 18.1. The number of aromatic amines is 1. The Bertz CT molecular complexity index is 768. The summed E-state index contributed by atoms with van der Waals surface area (Å²) in [4.78, 5) is 14.6. The van der Waals surface area contributed by atoms with Crippen LogP contribution >= 0.6 is 0 Å². The average molecular weight is 356 g/mol. The fourth-order valence-corrected chi connectivity index (χ4v) is 4.36. The van der Waals surface area contributed by atoms with Crippen molar-refractivity contribution in [3.05, 3.63) is 42.0 Å². The van der Waals surface area contributed by atoms with Crippen molar-refractivity contribution in [2.45, 2.75) is 44.1 Å². The minimum Gasteiger partial charge on any atom is -0.342 e. The van der Waals surface area contributed by atoms with E-state index in [1.165, 1.54) is 0 Å². The number of rotatable bonds is 3. The van der Waals surface area contributed by atoms with Gasteiger partial charge in [-0.1, -0.05) is 12.1 Å². The number of likely N-dealkylation sites (tertiary alicyclic amines) is 1. The molecule has 0 spiro atoms. The van der Waals surface area contributed by atoms with Gasteiger partial charge in [0.2, 0.25) is 5.91 Å². The van der Waals surface area contributed by atoms with E-state index in [1.807, 2.05) is 17.0 Å². The summed E-state index contributed by atoms with van der Waals surface area (Å²) in [5.74, 6) is 0.332. The number of carbonyl (C=O) groups excluding carboxylic acids is 1. The van der Waals surface area contributed by atoms with Crippen LogP contribution in [0.15, 0.2) is 30.6 Å². The van der Waals surface area contributed by atoms with Crippen LogP contribution in [0, 0.1) is 11.7 Å². The molecule has 1 saturated heterocycles. The fourth-order valence-electron chi connectivity index (χ4n) is 4.36. The van der Waals surface area contributed by atoms with Gasteiger partial charge in [0.1, 0.15) is 5.82 Å². The second-order valence-electron chi connectivity index (χ2n) is 7.59. The van der Waals surface area contributed by atoms with E-state index in [9.17, 15) is 9.18 Å². The van der Waals surface area contributed by atoms with Crippen molar-refractivity contribution in [1.82, 2.24) is 15.1 Å². The maximum absolute atomic E-state index is 14.6. The van der Waals surface area contributed by atoms with Crippen molar-refractivity contribution < 1.29 is 9.18 Å². The molecule has 6 heteroatoms. The second kappa shape index (κ2) is 7.19. The largest absolute Gasteiger partial charge is 0.342 e. The molecular weight excluding hydrogens is 331 g/mol. The molecule has 1 aliphatic heterocycles. The number of amides is 1. The van der Waals surface area contributed by atoms with Crippen LogP contribution in [0.4, 0.5) is 4.39 Å². The Hall–Kier alpha value is -2.21. The average Bonchev–Trinajstić information content (AvgIpc) is 3.33. The summed E-state index contributed by atoms with van der Waals surface area (Å²) in [6.45, 7) is 1.41. The lowest BCUT2D eigenvalue weighted by Crippen LogP contribution is -2.41. The zero-order valence-electron chi connectivity index (χ0n) is 14.8. The predicted octanol–water partition coefficient (Wildman–Crippen LogP) is 3.05. The van der Waals surface area contributed by atoms with Gasteiger partial charge in [0.15, 0.2) is 0 Å². The first-order chi connectivity index (χ1) is 12.6. The molecule has 0 radical (unpaired) electrons. The van der Waals surface area contributed by atoms with Crippen LogP contribution in [0.3, 0.4) is 0 Å². The van der Waals surface area contributed by atoms with Crippen molar-refractivity contribution in [3.8, 4) is 11.1 Å². The lowest BCUT2D eigenvalue weighted by Gasteiger charge is -2.34. The van der Waals surface area contributed by atoms with E-state index < -0.39 is 0 Å². The summed E-state index contributed by atoms with van der Waals surface area (Å²) in [7, 11) is 0. The summed E-state index contributed by atoms with van der Waals surface area (Å²) in [6, 6.07) is 5.58. The molecule has 1 aliphatic carbocycles. The van der Waals surface area contributed by atoms with E-state index in [2.05, 4.69) is 10.2 Å². The Kier molecular flexibility index (Phi) is 4.76. The Labute approximate surface area is 152 Å². The molecule has 3 N–H and O–H groups in total. The first kappa shape index (κ1) is 17.2. The molecule has 26 heavy (non-hydrogen) atoms. The standard InChI is InChI=1S/C20H25FN4O/c21-19-10-14(16-11-23-24-12-16)2-4-18(19)13-5-7-25(8-6-13)20(26)15-1-3-17(22)9-15/h2,4,10-13,15,17H,1,3,5-9,22H2,(H,23,24)/t15-,17-/m1/s1. The van der Waals surface area contributed by atoms with Gasteiger partial charge in [0, 0.05) is 36.8 Å². The zero-order valence-corrected chi connectivity index (χ0v) is 14.8. The number of hydrogen-bond donors (Lipinski definition) is 2. The summed E-state index contributed by atoms with van der Waals surface area (Å²) in [5.41, 5.74) is 8.40. The first-order valence-corrected chi connectivity index (χ1v) is 9.45. The molecule has 2 fully saturated rings. The molecule has 1 aromatic carbocycles. The number of piperidine rings is 1. The monoisotopic (exact) mass is 356 g/mol. The maximum atomic E-state index is 14.6. The molecule has 0 unspecified atom stereocenters. The summed E-state index contributed by atoms with van der Waals surface area (Å²) >= 11 is 0. The van der Waals surface area contributed by atoms with E-state index in [4.69, 9.17) is 5.73 Å². The Morgan fingerprint density at radius 1 is 1.19 bits per heavy atom. The smallest absolute Gasteiger partial charge is 0.225 e. The molecule has 4 rings (SSSR count). The van der Waals surface area contributed by atoms with E-state index in [0.29, 0.717) is 13.1 Å². The van der Waals surface area contributed by atoms with Crippen LogP contribution in [0.2, 0.25) is 0 Å². The number of aromatic nitrogens is 2. The molecule has 2 heterocycles. The lowest BCUT2D eigenvalue weighted by molar-refractivity contribution is -0.136. The highest BCUT2D eigenvalue weighted by Gasteiger charge is 2.33. The Balaban J connectivity index is 1.39. The van der Waals surface area contributed by atoms with Crippen molar-refractivity contribution in [2.24, 2.45) is 11.7 Å². The SMILES string of the molecule is N[C@@H]1CC[C@@H](C(=O)N2CCC(c3ccc(-c4cn[nH]c4)cc3F)CC2)C1. The molecule has 1 aromatic heterocycles. The molecule has 1 amide bonds. The molecule has 2 atom stereocenters. The van der Waals surface area contributed by atoms with Crippen molar-refractivity contribution in [3.63, 3.8) is 0 Å². The predicted molar refractivity (Wildman–Crippen MR) is 97.9 cm³/mol. The van der Waals surface area contributed by atoms with E-state index in [0.717, 1.165) is 48.8 Å². The molecule has 138 valence electrons. The number of nitrogens with one attached hydrogen (secondary N) is 1. The number of halogens is 1. The second-order valence-corrected chi connectivity index (χ2v) is 7.59. The van der Waals surface area contributed by atoms with Crippen molar-refractivity contribution in [1.29, 1.82) is 0 Å². The van der Waals surface area contributed by atoms with Gasteiger partial charge in [-0.3, -0.25) is 9.89 Å². The third-order valence-corrected chi connectivity index (χ3v) is 5.90. The number of hydrogen-bond acceptors (Lipinski definition) is 3. The van der Waals surface area contributed by atoms with Gasteiger partial charge in [0.25, 0.3) is 0 Å². The van der Waals surface area contributed by atoms with Crippen molar-refractivity contribution >= 4 is 5.91 Å². The topological polar surface area (TPSA) is 75.0 Å². The normalized spacial score (nSPS) is 24.2. The highest BCUT2D eigenvalue weighted by molar-refractivity contribution is 5.79.